The minimum atomic E-state index is -0.229. The first-order valence-electron chi connectivity index (χ1n) is 6.08. The van der Waals surface area contributed by atoms with E-state index >= 15 is 0 Å². The summed E-state index contributed by atoms with van der Waals surface area (Å²) in [6.07, 6.45) is 0. The van der Waals surface area contributed by atoms with Gasteiger partial charge in [0.05, 0.1) is 5.60 Å². The first-order chi connectivity index (χ1) is 7.46. The van der Waals surface area contributed by atoms with Gasteiger partial charge < -0.3 is 15.0 Å². The molecular weight excluding hydrogens is 204 g/mol. The summed E-state index contributed by atoms with van der Waals surface area (Å²) in [5, 5.41) is 3.37. The maximum atomic E-state index is 11.9. The fourth-order valence-electron chi connectivity index (χ4n) is 2.43. The highest BCUT2D eigenvalue weighted by Gasteiger charge is 2.38. The minimum absolute atomic E-state index is 0.143. The monoisotopic (exact) mass is 226 g/mol. The maximum Gasteiger partial charge on any atom is 0.248 e. The number of fused-ring (bicyclic) bond motifs is 1. The third-order valence-electron chi connectivity index (χ3n) is 3.37. The van der Waals surface area contributed by atoms with Crippen molar-refractivity contribution in [2.24, 2.45) is 11.8 Å². The van der Waals surface area contributed by atoms with Gasteiger partial charge in [0.2, 0.25) is 5.91 Å². The minimum Gasteiger partial charge on any atom is -0.366 e. The van der Waals surface area contributed by atoms with Crippen molar-refractivity contribution in [2.75, 3.05) is 32.8 Å². The molecule has 0 aromatic carbocycles. The summed E-state index contributed by atoms with van der Waals surface area (Å²) in [7, 11) is 0. The summed E-state index contributed by atoms with van der Waals surface area (Å²) in [4.78, 5) is 13.9. The molecule has 1 amide bonds. The van der Waals surface area contributed by atoms with Crippen molar-refractivity contribution >= 4 is 5.91 Å². The Morgan fingerprint density at radius 2 is 1.88 bits per heavy atom. The number of nitrogens with one attached hydrogen (secondary N) is 1. The summed E-state index contributed by atoms with van der Waals surface area (Å²) < 4.78 is 5.52. The Hall–Kier alpha value is -0.610. The van der Waals surface area contributed by atoms with E-state index in [1.165, 1.54) is 0 Å². The van der Waals surface area contributed by atoms with E-state index in [4.69, 9.17) is 4.74 Å². The quantitative estimate of drug-likeness (QED) is 0.744. The van der Waals surface area contributed by atoms with E-state index in [2.05, 4.69) is 5.32 Å². The molecule has 2 fully saturated rings. The zero-order chi connectivity index (χ0) is 11.8. The van der Waals surface area contributed by atoms with Gasteiger partial charge in [0, 0.05) is 26.2 Å². The summed E-state index contributed by atoms with van der Waals surface area (Å²) in [6.45, 7) is 10.1. The van der Waals surface area contributed by atoms with Crippen LogP contribution in [-0.2, 0) is 9.53 Å². The molecule has 0 aromatic rings. The highest BCUT2D eigenvalue weighted by atomic mass is 16.5. The first kappa shape index (κ1) is 11.9. The molecular formula is C12H22N2O2. The topological polar surface area (TPSA) is 41.6 Å². The molecule has 0 aromatic heterocycles. The zero-order valence-corrected chi connectivity index (χ0v) is 10.5. The van der Waals surface area contributed by atoms with E-state index in [-0.39, 0.29) is 18.1 Å². The van der Waals surface area contributed by atoms with E-state index in [9.17, 15) is 4.79 Å². The van der Waals surface area contributed by atoms with Crippen LogP contribution >= 0.6 is 0 Å². The van der Waals surface area contributed by atoms with Crippen LogP contribution in [0.2, 0.25) is 0 Å². The van der Waals surface area contributed by atoms with Crippen molar-refractivity contribution in [3.63, 3.8) is 0 Å². The molecule has 2 aliphatic rings. The Balaban J connectivity index is 1.79. The van der Waals surface area contributed by atoms with E-state index in [1.807, 2.05) is 25.7 Å². The molecule has 0 spiro atoms. The molecule has 0 radical (unpaired) electrons. The summed E-state index contributed by atoms with van der Waals surface area (Å²) in [5.41, 5.74) is -0.229. The average Bonchev–Trinajstić information content (AvgIpc) is 2.71. The van der Waals surface area contributed by atoms with Crippen molar-refractivity contribution in [3.05, 3.63) is 0 Å². The Morgan fingerprint density at radius 1 is 1.31 bits per heavy atom. The van der Waals surface area contributed by atoms with Gasteiger partial charge in [0.15, 0.2) is 0 Å². The van der Waals surface area contributed by atoms with Crippen LogP contribution in [0.25, 0.3) is 0 Å². The SMILES string of the molecule is CC(C)(C)OCC(=O)N1C[C@H]2CNC[C@H]2C1. The molecule has 0 saturated carbocycles. The van der Waals surface area contributed by atoms with Crippen LogP contribution < -0.4 is 5.32 Å². The fourth-order valence-corrected chi connectivity index (χ4v) is 2.43. The molecule has 2 atom stereocenters. The molecule has 4 nitrogen and oxygen atoms in total. The second-order valence-corrected chi connectivity index (χ2v) is 5.88. The van der Waals surface area contributed by atoms with Gasteiger partial charge in [-0.2, -0.15) is 0 Å². The fraction of sp³-hybridized carbons (Fsp3) is 0.917. The van der Waals surface area contributed by atoms with Gasteiger partial charge in [-0.15, -0.1) is 0 Å². The number of amides is 1. The van der Waals surface area contributed by atoms with Gasteiger partial charge in [0.1, 0.15) is 6.61 Å². The molecule has 2 saturated heterocycles. The van der Waals surface area contributed by atoms with Crippen LogP contribution in [0.3, 0.4) is 0 Å². The van der Waals surface area contributed by atoms with E-state index < -0.39 is 0 Å². The second-order valence-electron chi connectivity index (χ2n) is 5.88. The van der Waals surface area contributed by atoms with Crippen molar-refractivity contribution in [3.8, 4) is 0 Å². The number of carbonyl (C=O) groups excluding carboxylic acids is 1. The van der Waals surface area contributed by atoms with Crippen LogP contribution in [-0.4, -0.2) is 49.2 Å². The van der Waals surface area contributed by atoms with Crippen LogP contribution in [0.4, 0.5) is 0 Å². The first-order valence-corrected chi connectivity index (χ1v) is 6.08. The molecule has 0 bridgehead atoms. The summed E-state index contributed by atoms with van der Waals surface area (Å²) >= 11 is 0. The number of hydrogen-bond acceptors (Lipinski definition) is 3. The molecule has 1 N–H and O–H groups in total. The number of nitrogens with zero attached hydrogens (tertiary/aromatic N) is 1. The molecule has 4 heteroatoms. The van der Waals surface area contributed by atoms with Gasteiger partial charge in [-0.25, -0.2) is 0 Å². The molecule has 92 valence electrons. The van der Waals surface area contributed by atoms with Crippen molar-refractivity contribution < 1.29 is 9.53 Å². The van der Waals surface area contributed by atoms with Crippen LogP contribution in [0.5, 0.6) is 0 Å². The van der Waals surface area contributed by atoms with Gasteiger partial charge in [0.25, 0.3) is 0 Å². The summed E-state index contributed by atoms with van der Waals surface area (Å²) in [6, 6.07) is 0. The standard InChI is InChI=1S/C12H22N2O2/c1-12(2,3)16-8-11(15)14-6-9-4-13-5-10(9)7-14/h9-10,13H,4-8H2,1-3H3/t9-,10+. The van der Waals surface area contributed by atoms with Crippen molar-refractivity contribution in [1.29, 1.82) is 0 Å². The normalized spacial score (nSPS) is 29.6. The van der Waals surface area contributed by atoms with Crippen molar-refractivity contribution in [2.45, 2.75) is 26.4 Å². The molecule has 2 rings (SSSR count). The molecule has 16 heavy (non-hydrogen) atoms. The molecule has 2 aliphatic heterocycles. The molecule has 0 unspecified atom stereocenters. The predicted molar refractivity (Wildman–Crippen MR) is 62.1 cm³/mol. The van der Waals surface area contributed by atoms with Crippen LogP contribution in [0.1, 0.15) is 20.8 Å². The van der Waals surface area contributed by atoms with Crippen LogP contribution in [0, 0.1) is 11.8 Å². The Bertz CT molecular complexity index is 261. The van der Waals surface area contributed by atoms with Gasteiger partial charge in [-0.05, 0) is 32.6 Å². The smallest absolute Gasteiger partial charge is 0.248 e. The van der Waals surface area contributed by atoms with Gasteiger partial charge in [-0.1, -0.05) is 0 Å². The maximum absolute atomic E-state index is 11.9. The largest absolute Gasteiger partial charge is 0.366 e. The lowest BCUT2D eigenvalue weighted by Crippen LogP contribution is -2.36. The predicted octanol–water partition coefficient (Wildman–Crippen LogP) is 0.479. The summed E-state index contributed by atoms with van der Waals surface area (Å²) in [5.74, 6) is 1.47. The number of carbonyl (C=O) groups is 1. The number of rotatable bonds is 2. The van der Waals surface area contributed by atoms with Gasteiger partial charge >= 0.3 is 0 Å². The van der Waals surface area contributed by atoms with E-state index in [1.54, 1.807) is 0 Å². The zero-order valence-electron chi connectivity index (χ0n) is 10.5. The third kappa shape index (κ3) is 2.74. The highest BCUT2D eigenvalue weighted by molar-refractivity contribution is 5.77. The highest BCUT2D eigenvalue weighted by Crippen LogP contribution is 2.26. The molecule has 0 aliphatic carbocycles. The second kappa shape index (κ2) is 4.34. The molecule has 2 heterocycles. The van der Waals surface area contributed by atoms with Crippen molar-refractivity contribution in [1.82, 2.24) is 10.2 Å². The third-order valence-corrected chi connectivity index (χ3v) is 3.37. The van der Waals surface area contributed by atoms with E-state index in [0.29, 0.717) is 11.8 Å². The lowest BCUT2D eigenvalue weighted by Gasteiger charge is -2.22. The number of hydrogen-bond donors (Lipinski definition) is 1. The van der Waals surface area contributed by atoms with Crippen LogP contribution in [0.15, 0.2) is 0 Å². The average molecular weight is 226 g/mol. The lowest BCUT2D eigenvalue weighted by atomic mass is 10.0. The lowest BCUT2D eigenvalue weighted by molar-refractivity contribution is -0.140. The Morgan fingerprint density at radius 3 is 2.38 bits per heavy atom. The number of ether oxygens (including phenoxy) is 1. The Labute approximate surface area is 97.3 Å². The van der Waals surface area contributed by atoms with Gasteiger partial charge in [-0.3, -0.25) is 4.79 Å². The number of likely N-dealkylation sites (tertiary alicyclic amines) is 1. The van der Waals surface area contributed by atoms with E-state index in [0.717, 1.165) is 26.2 Å². The Kier molecular flexibility index (Phi) is 3.22.